The normalized spacial score (nSPS) is 10.6. The largest absolute Gasteiger partial charge is 0.233 e. The molecule has 0 radical (unpaired) electrons. The Labute approximate surface area is 111 Å². The Bertz CT molecular complexity index is 701. The fourth-order valence-corrected chi connectivity index (χ4v) is 1.92. The summed E-state index contributed by atoms with van der Waals surface area (Å²) in [4.78, 5) is 9.06. The molecule has 0 aliphatic heterocycles. The Kier molecular flexibility index (Phi) is 2.83. The van der Waals surface area contributed by atoms with Crippen molar-refractivity contribution in [3.8, 4) is 17.2 Å². The van der Waals surface area contributed by atoms with Gasteiger partial charge in [-0.2, -0.15) is 5.10 Å². The molecule has 4 heteroatoms. The maximum atomic E-state index is 4.58. The van der Waals surface area contributed by atoms with Gasteiger partial charge < -0.3 is 0 Å². The van der Waals surface area contributed by atoms with Gasteiger partial charge in [-0.3, -0.25) is 0 Å². The second kappa shape index (κ2) is 4.65. The van der Waals surface area contributed by atoms with Crippen LogP contribution in [0.25, 0.3) is 17.2 Å². The lowest BCUT2D eigenvalue weighted by Crippen LogP contribution is -2.02. The summed E-state index contributed by atoms with van der Waals surface area (Å²) < 4.78 is 1.77. The monoisotopic (exact) mass is 250 g/mol. The molecule has 0 unspecified atom stereocenters. The van der Waals surface area contributed by atoms with Gasteiger partial charge in [0.15, 0.2) is 11.6 Å². The van der Waals surface area contributed by atoms with Crippen molar-refractivity contribution >= 4 is 0 Å². The minimum Gasteiger partial charge on any atom is -0.233 e. The highest BCUT2D eigenvalue weighted by atomic mass is 15.3. The lowest BCUT2D eigenvalue weighted by Gasteiger charge is -2.06. The van der Waals surface area contributed by atoms with Gasteiger partial charge in [0.25, 0.3) is 0 Å². The second-order valence-electron chi connectivity index (χ2n) is 4.52. The van der Waals surface area contributed by atoms with Gasteiger partial charge in [-0.05, 0) is 19.4 Å². The standard InChI is InChI=1S/C15H14N4/c1-11-9-16-19(10-11)14-8-12(2)17-15(18-14)13-6-4-3-5-7-13/h3-10H,1-2H3. The van der Waals surface area contributed by atoms with Gasteiger partial charge in [-0.25, -0.2) is 14.6 Å². The van der Waals surface area contributed by atoms with Crippen molar-refractivity contribution in [1.29, 1.82) is 0 Å². The number of hydrogen-bond acceptors (Lipinski definition) is 3. The van der Waals surface area contributed by atoms with Gasteiger partial charge >= 0.3 is 0 Å². The summed E-state index contributed by atoms with van der Waals surface area (Å²) >= 11 is 0. The molecular formula is C15H14N4. The number of aryl methyl sites for hydroxylation is 2. The maximum Gasteiger partial charge on any atom is 0.161 e. The number of hydrogen-bond donors (Lipinski definition) is 0. The Morgan fingerprint density at radius 1 is 1.00 bits per heavy atom. The zero-order valence-corrected chi connectivity index (χ0v) is 10.9. The molecule has 0 saturated heterocycles. The van der Waals surface area contributed by atoms with E-state index in [-0.39, 0.29) is 0 Å². The second-order valence-corrected chi connectivity index (χ2v) is 4.52. The lowest BCUT2D eigenvalue weighted by atomic mass is 10.2. The van der Waals surface area contributed by atoms with Gasteiger partial charge in [-0.15, -0.1) is 0 Å². The first-order chi connectivity index (χ1) is 9.22. The minimum absolute atomic E-state index is 0.726. The third-order valence-electron chi connectivity index (χ3n) is 2.82. The molecule has 2 aromatic heterocycles. The van der Waals surface area contributed by atoms with Gasteiger partial charge in [-0.1, -0.05) is 30.3 Å². The molecule has 1 aromatic carbocycles. The summed E-state index contributed by atoms with van der Waals surface area (Å²) in [6.45, 7) is 3.98. The van der Waals surface area contributed by atoms with Crippen molar-refractivity contribution < 1.29 is 0 Å². The highest BCUT2D eigenvalue weighted by Crippen LogP contribution is 2.17. The molecule has 0 aliphatic carbocycles. The van der Waals surface area contributed by atoms with Crippen molar-refractivity contribution in [3.63, 3.8) is 0 Å². The average molecular weight is 250 g/mol. The molecule has 0 aliphatic rings. The molecular weight excluding hydrogens is 236 g/mol. The van der Waals surface area contributed by atoms with Crippen LogP contribution in [0.4, 0.5) is 0 Å². The van der Waals surface area contributed by atoms with E-state index in [1.807, 2.05) is 62.6 Å². The molecule has 0 amide bonds. The van der Waals surface area contributed by atoms with Crippen LogP contribution >= 0.6 is 0 Å². The number of aromatic nitrogens is 4. The van der Waals surface area contributed by atoms with Crippen LogP contribution in [-0.2, 0) is 0 Å². The summed E-state index contributed by atoms with van der Waals surface area (Å²) in [5.41, 5.74) is 3.05. The molecule has 3 aromatic rings. The SMILES string of the molecule is Cc1cnn(-c2cc(C)nc(-c3ccccc3)n2)c1. The Morgan fingerprint density at radius 2 is 1.79 bits per heavy atom. The van der Waals surface area contributed by atoms with E-state index in [0.29, 0.717) is 0 Å². The highest BCUT2D eigenvalue weighted by molar-refractivity contribution is 5.55. The van der Waals surface area contributed by atoms with E-state index in [2.05, 4.69) is 15.1 Å². The van der Waals surface area contributed by atoms with Gasteiger partial charge in [0, 0.05) is 23.5 Å². The van der Waals surface area contributed by atoms with Gasteiger partial charge in [0.05, 0.1) is 6.20 Å². The van der Waals surface area contributed by atoms with Crippen molar-refractivity contribution in [2.24, 2.45) is 0 Å². The molecule has 0 spiro atoms. The van der Waals surface area contributed by atoms with Crippen LogP contribution in [0.15, 0.2) is 48.8 Å². The molecule has 3 rings (SSSR count). The van der Waals surface area contributed by atoms with Crippen LogP contribution in [0.2, 0.25) is 0 Å². The summed E-state index contributed by atoms with van der Waals surface area (Å²) in [5.74, 6) is 1.52. The molecule has 0 bridgehead atoms. The predicted molar refractivity (Wildman–Crippen MR) is 74.1 cm³/mol. The summed E-state index contributed by atoms with van der Waals surface area (Å²) in [5, 5.41) is 4.29. The highest BCUT2D eigenvalue weighted by Gasteiger charge is 2.06. The molecule has 0 saturated carbocycles. The average Bonchev–Trinajstić information content (AvgIpc) is 2.86. The third kappa shape index (κ3) is 2.38. The van der Waals surface area contributed by atoms with E-state index in [1.165, 1.54) is 0 Å². The topological polar surface area (TPSA) is 43.6 Å². The molecule has 0 N–H and O–H groups in total. The van der Waals surface area contributed by atoms with Crippen molar-refractivity contribution in [2.75, 3.05) is 0 Å². The number of rotatable bonds is 2. The third-order valence-corrected chi connectivity index (χ3v) is 2.82. The number of nitrogens with zero attached hydrogens (tertiary/aromatic N) is 4. The summed E-state index contributed by atoms with van der Waals surface area (Å²) in [6.07, 6.45) is 3.77. The lowest BCUT2D eigenvalue weighted by molar-refractivity contribution is 0.837. The molecule has 0 atom stereocenters. The van der Waals surface area contributed by atoms with E-state index in [9.17, 15) is 0 Å². The predicted octanol–water partition coefficient (Wildman–Crippen LogP) is 2.95. The molecule has 94 valence electrons. The first-order valence-electron chi connectivity index (χ1n) is 6.15. The van der Waals surface area contributed by atoms with Crippen molar-refractivity contribution in [2.45, 2.75) is 13.8 Å². The van der Waals surface area contributed by atoms with E-state index in [0.717, 1.165) is 28.5 Å². The Hall–Kier alpha value is -2.49. The van der Waals surface area contributed by atoms with Crippen LogP contribution in [0.3, 0.4) is 0 Å². The zero-order chi connectivity index (χ0) is 13.2. The van der Waals surface area contributed by atoms with Crippen LogP contribution in [0.1, 0.15) is 11.3 Å². The van der Waals surface area contributed by atoms with E-state index < -0.39 is 0 Å². The van der Waals surface area contributed by atoms with Crippen LogP contribution in [0, 0.1) is 13.8 Å². The fraction of sp³-hybridized carbons (Fsp3) is 0.133. The molecule has 2 heterocycles. The summed E-state index contributed by atoms with van der Waals surface area (Å²) in [7, 11) is 0. The van der Waals surface area contributed by atoms with E-state index in [1.54, 1.807) is 4.68 Å². The molecule has 0 fully saturated rings. The van der Waals surface area contributed by atoms with E-state index >= 15 is 0 Å². The Balaban J connectivity index is 2.11. The quantitative estimate of drug-likeness (QED) is 0.702. The molecule has 4 nitrogen and oxygen atoms in total. The first-order valence-corrected chi connectivity index (χ1v) is 6.15. The van der Waals surface area contributed by atoms with Crippen LogP contribution < -0.4 is 0 Å². The van der Waals surface area contributed by atoms with Gasteiger partial charge in [0.1, 0.15) is 0 Å². The maximum absolute atomic E-state index is 4.58. The van der Waals surface area contributed by atoms with Gasteiger partial charge in [0.2, 0.25) is 0 Å². The zero-order valence-electron chi connectivity index (χ0n) is 10.9. The van der Waals surface area contributed by atoms with Crippen LogP contribution in [0.5, 0.6) is 0 Å². The van der Waals surface area contributed by atoms with Crippen molar-refractivity contribution in [3.05, 3.63) is 60.0 Å². The Morgan fingerprint density at radius 3 is 2.47 bits per heavy atom. The van der Waals surface area contributed by atoms with Crippen LogP contribution in [-0.4, -0.2) is 19.7 Å². The minimum atomic E-state index is 0.726. The number of benzene rings is 1. The fourth-order valence-electron chi connectivity index (χ4n) is 1.92. The smallest absolute Gasteiger partial charge is 0.161 e. The molecule has 19 heavy (non-hydrogen) atoms. The van der Waals surface area contributed by atoms with E-state index in [4.69, 9.17) is 0 Å². The summed E-state index contributed by atoms with van der Waals surface area (Å²) in [6, 6.07) is 11.9. The first kappa shape index (κ1) is 11.6. The van der Waals surface area contributed by atoms with Crippen molar-refractivity contribution in [1.82, 2.24) is 19.7 Å².